The SMILES string of the molecule is CNC1C(=O)Nc2cc(Sc3ccccc3Br)ccc21. The van der Waals surface area contributed by atoms with Gasteiger partial charge in [0.15, 0.2) is 0 Å². The highest BCUT2D eigenvalue weighted by Crippen LogP contribution is 2.38. The molecule has 0 saturated carbocycles. The van der Waals surface area contributed by atoms with Gasteiger partial charge in [0.2, 0.25) is 5.91 Å². The van der Waals surface area contributed by atoms with Crippen molar-refractivity contribution in [2.45, 2.75) is 15.8 Å². The van der Waals surface area contributed by atoms with Crippen LogP contribution < -0.4 is 10.6 Å². The number of hydrogen-bond acceptors (Lipinski definition) is 3. The molecule has 0 spiro atoms. The van der Waals surface area contributed by atoms with Crippen LogP contribution in [0.1, 0.15) is 11.6 Å². The first-order valence-electron chi connectivity index (χ1n) is 6.23. The van der Waals surface area contributed by atoms with Gasteiger partial charge in [0.05, 0.1) is 0 Å². The van der Waals surface area contributed by atoms with Gasteiger partial charge >= 0.3 is 0 Å². The maximum atomic E-state index is 11.8. The van der Waals surface area contributed by atoms with E-state index in [9.17, 15) is 4.79 Å². The number of carbonyl (C=O) groups excluding carboxylic acids is 1. The first-order chi connectivity index (χ1) is 9.69. The van der Waals surface area contributed by atoms with E-state index in [0.29, 0.717) is 0 Å². The van der Waals surface area contributed by atoms with Crippen molar-refractivity contribution in [3.63, 3.8) is 0 Å². The summed E-state index contributed by atoms with van der Waals surface area (Å²) < 4.78 is 1.07. The Bertz CT molecular complexity index is 675. The molecule has 5 heteroatoms. The minimum Gasteiger partial charge on any atom is -0.324 e. The molecule has 0 aromatic heterocycles. The Morgan fingerprint density at radius 2 is 2.05 bits per heavy atom. The van der Waals surface area contributed by atoms with Crippen LogP contribution in [0.25, 0.3) is 0 Å². The van der Waals surface area contributed by atoms with E-state index < -0.39 is 0 Å². The van der Waals surface area contributed by atoms with Crippen molar-refractivity contribution >= 4 is 39.3 Å². The number of halogens is 1. The molecule has 0 aliphatic carbocycles. The van der Waals surface area contributed by atoms with Gasteiger partial charge in [0, 0.05) is 25.5 Å². The number of likely N-dealkylation sites (N-methyl/N-ethyl adjacent to an activating group) is 1. The molecule has 2 aromatic carbocycles. The lowest BCUT2D eigenvalue weighted by Gasteiger charge is -2.08. The number of anilines is 1. The molecule has 1 unspecified atom stereocenters. The molecule has 20 heavy (non-hydrogen) atoms. The second kappa shape index (κ2) is 5.60. The molecule has 1 amide bonds. The molecule has 102 valence electrons. The van der Waals surface area contributed by atoms with Gasteiger partial charge in [-0.05, 0) is 47.2 Å². The van der Waals surface area contributed by atoms with Crippen molar-refractivity contribution in [3.8, 4) is 0 Å². The fraction of sp³-hybridized carbons (Fsp3) is 0.133. The topological polar surface area (TPSA) is 41.1 Å². The molecular formula is C15H13BrN2OS. The first-order valence-corrected chi connectivity index (χ1v) is 7.84. The van der Waals surface area contributed by atoms with E-state index in [0.717, 1.165) is 25.5 Å². The molecule has 1 heterocycles. The summed E-state index contributed by atoms with van der Waals surface area (Å²) in [5.74, 6) is 0.00513. The summed E-state index contributed by atoms with van der Waals surface area (Å²) in [6, 6.07) is 13.9. The fourth-order valence-corrected chi connectivity index (χ4v) is 3.65. The lowest BCUT2D eigenvalue weighted by atomic mass is 10.1. The predicted octanol–water partition coefficient (Wildman–Crippen LogP) is 3.81. The van der Waals surface area contributed by atoms with E-state index in [4.69, 9.17) is 0 Å². The van der Waals surface area contributed by atoms with Gasteiger partial charge in [-0.15, -0.1) is 0 Å². The normalized spacial score (nSPS) is 16.9. The van der Waals surface area contributed by atoms with Crippen molar-refractivity contribution < 1.29 is 4.79 Å². The van der Waals surface area contributed by atoms with Crippen molar-refractivity contribution in [2.75, 3.05) is 12.4 Å². The number of carbonyl (C=O) groups is 1. The maximum absolute atomic E-state index is 11.8. The van der Waals surface area contributed by atoms with Gasteiger partial charge in [0.25, 0.3) is 0 Å². The van der Waals surface area contributed by atoms with E-state index >= 15 is 0 Å². The predicted molar refractivity (Wildman–Crippen MR) is 85.1 cm³/mol. The fourth-order valence-electron chi connectivity index (χ4n) is 2.25. The lowest BCUT2D eigenvalue weighted by molar-refractivity contribution is -0.117. The number of rotatable bonds is 3. The minimum atomic E-state index is -0.243. The molecule has 0 radical (unpaired) electrons. The Kier molecular flexibility index (Phi) is 3.83. The molecule has 1 aliphatic heterocycles. The highest BCUT2D eigenvalue weighted by atomic mass is 79.9. The molecule has 2 aromatic rings. The van der Waals surface area contributed by atoms with Crippen LogP contribution in [0.5, 0.6) is 0 Å². The van der Waals surface area contributed by atoms with Gasteiger partial charge in [-0.25, -0.2) is 0 Å². The lowest BCUT2D eigenvalue weighted by Crippen LogP contribution is -2.23. The standard InChI is InChI=1S/C15H13BrN2OS/c1-17-14-10-7-6-9(8-12(10)18-15(14)19)20-13-5-3-2-4-11(13)16/h2-8,14,17H,1H3,(H,18,19). The van der Waals surface area contributed by atoms with E-state index in [-0.39, 0.29) is 11.9 Å². The molecule has 0 fully saturated rings. The van der Waals surface area contributed by atoms with Crippen LogP contribution in [-0.2, 0) is 4.79 Å². The molecule has 0 bridgehead atoms. The second-order valence-electron chi connectivity index (χ2n) is 4.49. The summed E-state index contributed by atoms with van der Waals surface area (Å²) in [4.78, 5) is 14.1. The molecule has 3 rings (SSSR count). The Hall–Kier alpha value is -1.30. The summed E-state index contributed by atoms with van der Waals surface area (Å²) in [6.45, 7) is 0. The van der Waals surface area contributed by atoms with E-state index in [2.05, 4.69) is 32.6 Å². The minimum absolute atomic E-state index is 0.00513. The maximum Gasteiger partial charge on any atom is 0.246 e. The van der Waals surface area contributed by atoms with E-state index in [1.54, 1.807) is 18.8 Å². The van der Waals surface area contributed by atoms with Gasteiger partial charge in [-0.1, -0.05) is 30.0 Å². The van der Waals surface area contributed by atoms with Crippen molar-refractivity contribution in [2.24, 2.45) is 0 Å². The zero-order chi connectivity index (χ0) is 14.1. The van der Waals surface area contributed by atoms with Crippen LogP contribution in [-0.4, -0.2) is 13.0 Å². The van der Waals surface area contributed by atoms with Gasteiger partial charge in [-0.2, -0.15) is 0 Å². The second-order valence-corrected chi connectivity index (χ2v) is 6.46. The Morgan fingerprint density at radius 1 is 1.25 bits per heavy atom. The summed E-state index contributed by atoms with van der Waals surface area (Å²) in [6.07, 6.45) is 0. The van der Waals surface area contributed by atoms with Crippen LogP contribution in [0.4, 0.5) is 5.69 Å². The first kappa shape index (κ1) is 13.7. The molecule has 3 nitrogen and oxygen atoms in total. The van der Waals surface area contributed by atoms with Crippen LogP contribution >= 0.6 is 27.7 Å². The van der Waals surface area contributed by atoms with Crippen molar-refractivity contribution in [1.82, 2.24) is 5.32 Å². The van der Waals surface area contributed by atoms with Crippen LogP contribution in [0.3, 0.4) is 0 Å². The largest absolute Gasteiger partial charge is 0.324 e. The highest BCUT2D eigenvalue weighted by molar-refractivity contribution is 9.10. The summed E-state index contributed by atoms with van der Waals surface area (Å²) in [5.41, 5.74) is 1.90. The highest BCUT2D eigenvalue weighted by Gasteiger charge is 2.29. The molecule has 1 atom stereocenters. The van der Waals surface area contributed by atoms with Gasteiger partial charge < -0.3 is 10.6 Å². The van der Waals surface area contributed by atoms with Crippen LogP contribution in [0.2, 0.25) is 0 Å². The Morgan fingerprint density at radius 3 is 2.80 bits per heavy atom. The van der Waals surface area contributed by atoms with Crippen molar-refractivity contribution in [3.05, 3.63) is 52.5 Å². The number of benzene rings is 2. The number of amides is 1. The summed E-state index contributed by atoms with van der Waals surface area (Å²) >= 11 is 5.22. The molecule has 1 aliphatic rings. The third-order valence-electron chi connectivity index (χ3n) is 3.21. The van der Waals surface area contributed by atoms with E-state index in [1.807, 2.05) is 36.4 Å². The van der Waals surface area contributed by atoms with Gasteiger partial charge in [0.1, 0.15) is 6.04 Å². The van der Waals surface area contributed by atoms with Gasteiger partial charge in [-0.3, -0.25) is 4.79 Å². The quantitative estimate of drug-likeness (QED) is 0.885. The third kappa shape index (κ3) is 2.49. The number of fused-ring (bicyclic) bond motifs is 1. The Labute approximate surface area is 130 Å². The molecule has 0 saturated heterocycles. The van der Waals surface area contributed by atoms with E-state index in [1.165, 1.54) is 0 Å². The summed E-state index contributed by atoms with van der Waals surface area (Å²) in [5, 5.41) is 5.93. The zero-order valence-electron chi connectivity index (χ0n) is 10.8. The summed E-state index contributed by atoms with van der Waals surface area (Å²) in [7, 11) is 1.79. The van der Waals surface area contributed by atoms with Crippen molar-refractivity contribution in [1.29, 1.82) is 0 Å². The van der Waals surface area contributed by atoms with Crippen LogP contribution in [0, 0.1) is 0 Å². The monoisotopic (exact) mass is 348 g/mol. The number of nitrogens with one attached hydrogen (secondary N) is 2. The number of hydrogen-bond donors (Lipinski definition) is 2. The average molecular weight is 349 g/mol. The Balaban J connectivity index is 1.90. The average Bonchev–Trinajstić information content (AvgIpc) is 2.76. The zero-order valence-corrected chi connectivity index (χ0v) is 13.2. The molecule has 2 N–H and O–H groups in total. The van der Waals surface area contributed by atoms with Crippen LogP contribution in [0.15, 0.2) is 56.7 Å². The third-order valence-corrected chi connectivity index (χ3v) is 5.23. The molecular weight excluding hydrogens is 336 g/mol. The smallest absolute Gasteiger partial charge is 0.246 e.